The molecule has 6 aromatic rings. The second kappa shape index (κ2) is 8.00. The molecule has 5 aromatic carbocycles. The zero-order chi connectivity index (χ0) is 25.4. The third-order valence-corrected chi connectivity index (χ3v) is 8.80. The molecule has 2 bridgehead atoms. The van der Waals surface area contributed by atoms with E-state index in [1.807, 2.05) is 0 Å². The fourth-order valence-corrected chi connectivity index (χ4v) is 6.96. The maximum Gasteiger partial charge on any atom is 0.213 e. The van der Waals surface area contributed by atoms with E-state index in [1.54, 1.807) is 0 Å². The molecule has 9 rings (SSSR count). The summed E-state index contributed by atoms with van der Waals surface area (Å²) in [5, 5.41) is 2.66. The van der Waals surface area contributed by atoms with Gasteiger partial charge in [0, 0.05) is 29.5 Å². The maximum atomic E-state index is 2.47. The normalized spacial score (nSPS) is 16.7. The fraction of sp³-hybridized carbons (Fsp3) is 0.108. The van der Waals surface area contributed by atoms with E-state index in [1.165, 1.54) is 72.1 Å². The van der Waals surface area contributed by atoms with Crippen molar-refractivity contribution >= 4 is 10.8 Å². The zero-order valence-corrected chi connectivity index (χ0v) is 21.6. The molecule has 3 aliphatic rings. The summed E-state index contributed by atoms with van der Waals surface area (Å²) in [4.78, 5) is 0. The van der Waals surface area contributed by atoms with E-state index in [4.69, 9.17) is 0 Å². The fourth-order valence-electron chi connectivity index (χ4n) is 6.96. The first-order valence-electron chi connectivity index (χ1n) is 13.5. The molecule has 0 fully saturated rings. The summed E-state index contributed by atoms with van der Waals surface area (Å²) in [5.74, 6) is 0.553. The van der Waals surface area contributed by atoms with Gasteiger partial charge in [-0.1, -0.05) is 78.9 Å². The molecule has 0 N–H and O–H groups in total. The minimum absolute atomic E-state index is 0.265. The van der Waals surface area contributed by atoms with Gasteiger partial charge in [-0.2, -0.15) is 0 Å². The largest absolute Gasteiger partial charge is 0.213 e. The molecule has 0 saturated heterocycles. The van der Waals surface area contributed by atoms with Crippen LogP contribution in [0.2, 0.25) is 0 Å². The Bertz CT molecular complexity index is 1910. The summed E-state index contributed by atoms with van der Waals surface area (Å²) in [6.07, 6.45) is 2.19. The Hall–Kier alpha value is -4.49. The first-order chi connectivity index (χ1) is 18.7. The second-order valence-corrected chi connectivity index (χ2v) is 10.9. The molecule has 1 heterocycles. The van der Waals surface area contributed by atoms with Crippen molar-refractivity contribution in [2.75, 3.05) is 0 Å². The molecule has 3 aliphatic carbocycles. The number of rotatable bonds is 2. The van der Waals surface area contributed by atoms with Crippen LogP contribution < -0.4 is 4.57 Å². The number of aryl methyl sites for hydroxylation is 2. The average Bonchev–Trinajstić information content (AvgIpc) is 2.96. The Balaban J connectivity index is 1.32. The van der Waals surface area contributed by atoms with Crippen LogP contribution in [0.15, 0.2) is 121 Å². The summed E-state index contributed by atoms with van der Waals surface area (Å²) in [6, 6.07) is 43.2. The third-order valence-electron chi connectivity index (χ3n) is 8.80. The topological polar surface area (TPSA) is 3.88 Å². The summed E-state index contributed by atoms with van der Waals surface area (Å²) in [6.45, 7) is 2.19. The number of nitrogens with zero attached hydrogens (tertiary/aromatic N) is 1. The van der Waals surface area contributed by atoms with Crippen LogP contribution >= 0.6 is 0 Å². The molecule has 1 heteroatoms. The molecule has 2 unspecified atom stereocenters. The molecular formula is C37H28N+. The van der Waals surface area contributed by atoms with Crippen molar-refractivity contribution in [1.29, 1.82) is 0 Å². The van der Waals surface area contributed by atoms with Crippen molar-refractivity contribution in [1.82, 2.24) is 0 Å². The molecule has 38 heavy (non-hydrogen) atoms. The van der Waals surface area contributed by atoms with Crippen LogP contribution in [-0.2, 0) is 7.05 Å². The molecule has 1 nitrogen and oxygen atoms in total. The van der Waals surface area contributed by atoms with Gasteiger partial charge < -0.3 is 0 Å². The summed E-state index contributed by atoms with van der Waals surface area (Å²) in [7, 11) is 2.13. The highest BCUT2D eigenvalue weighted by Crippen LogP contribution is 2.56. The molecule has 1 aromatic heterocycles. The summed E-state index contributed by atoms with van der Waals surface area (Å²) >= 11 is 0. The Morgan fingerprint density at radius 1 is 0.500 bits per heavy atom. The average molecular weight is 487 g/mol. The number of benzene rings is 5. The Kier molecular flexibility index (Phi) is 4.54. The first kappa shape index (κ1) is 21.6. The van der Waals surface area contributed by atoms with Gasteiger partial charge in [-0.05, 0) is 92.0 Å². The first-order valence-corrected chi connectivity index (χ1v) is 13.5. The number of hydrogen-bond acceptors (Lipinski definition) is 0. The monoisotopic (exact) mass is 486 g/mol. The molecule has 180 valence electrons. The van der Waals surface area contributed by atoms with Crippen LogP contribution in [-0.4, -0.2) is 0 Å². The minimum atomic E-state index is 0.265. The van der Waals surface area contributed by atoms with E-state index in [2.05, 4.69) is 140 Å². The predicted molar refractivity (Wildman–Crippen MR) is 156 cm³/mol. The number of hydrogen-bond donors (Lipinski definition) is 0. The molecular weight excluding hydrogens is 458 g/mol. The number of pyridine rings is 1. The molecule has 0 radical (unpaired) electrons. The molecule has 0 spiro atoms. The number of fused-ring (bicyclic) bond motifs is 1. The van der Waals surface area contributed by atoms with Gasteiger partial charge in [0.2, 0.25) is 5.69 Å². The van der Waals surface area contributed by atoms with E-state index in [0.29, 0.717) is 0 Å². The van der Waals surface area contributed by atoms with Gasteiger partial charge in [-0.25, -0.2) is 4.57 Å². The third kappa shape index (κ3) is 3.02. The minimum Gasteiger partial charge on any atom is -0.201 e. The SMILES string of the molecule is Cc1ccccc1-c1cc(-c2ccc3c(c2)C2c4ccccc4C3c3cc4ccccc4cc32)cc[n+]1C. The molecule has 2 atom stereocenters. The van der Waals surface area contributed by atoms with Gasteiger partial charge in [0.05, 0.1) is 0 Å². The zero-order valence-electron chi connectivity index (χ0n) is 21.6. The molecule has 0 amide bonds. The quantitative estimate of drug-likeness (QED) is 0.216. The number of aromatic nitrogens is 1. The lowest BCUT2D eigenvalue weighted by atomic mass is 9.60. The van der Waals surface area contributed by atoms with Gasteiger partial charge >= 0.3 is 0 Å². The van der Waals surface area contributed by atoms with Gasteiger partial charge in [-0.15, -0.1) is 0 Å². The highest BCUT2D eigenvalue weighted by atomic mass is 14.9. The van der Waals surface area contributed by atoms with E-state index in [-0.39, 0.29) is 11.8 Å². The van der Waals surface area contributed by atoms with Crippen molar-refractivity contribution < 1.29 is 4.57 Å². The second-order valence-electron chi connectivity index (χ2n) is 10.9. The van der Waals surface area contributed by atoms with Crippen molar-refractivity contribution in [3.05, 3.63) is 160 Å². The van der Waals surface area contributed by atoms with Crippen LogP contribution in [0.4, 0.5) is 0 Å². The van der Waals surface area contributed by atoms with Crippen molar-refractivity contribution in [2.24, 2.45) is 7.05 Å². The van der Waals surface area contributed by atoms with Crippen LogP contribution in [0.25, 0.3) is 33.2 Å². The van der Waals surface area contributed by atoms with E-state index in [0.717, 1.165) is 0 Å². The van der Waals surface area contributed by atoms with Gasteiger partial charge in [0.25, 0.3) is 0 Å². The van der Waals surface area contributed by atoms with E-state index in [9.17, 15) is 0 Å². The molecule has 0 saturated carbocycles. The lowest BCUT2D eigenvalue weighted by molar-refractivity contribution is -0.660. The Morgan fingerprint density at radius 2 is 1.05 bits per heavy atom. The molecule has 0 aliphatic heterocycles. The standard InChI is InChI=1S/C37H28N/c1-23-9-3-6-12-28(23)35-22-27(17-18-38(35)2)26-15-16-31-32(21-26)37-30-14-8-7-13-29(30)36(31)33-19-24-10-4-5-11-25(24)20-34(33)37/h3-22,36-37H,1-2H3/q+1. The maximum absolute atomic E-state index is 2.47. The van der Waals surface area contributed by atoms with Crippen LogP contribution in [0.1, 0.15) is 50.8 Å². The van der Waals surface area contributed by atoms with Crippen molar-refractivity contribution in [3.63, 3.8) is 0 Å². The van der Waals surface area contributed by atoms with Gasteiger partial charge in [0.1, 0.15) is 7.05 Å². The smallest absolute Gasteiger partial charge is 0.201 e. The lowest BCUT2D eigenvalue weighted by Crippen LogP contribution is -2.30. The van der Waals surface area contributed by atoms with Crippen molar-refractivity contribution in [2.45, 2.75) is 18.8 Å². The van der Waals surface area contributed by atoms with E-state index >= 15 is 0 Å². The Morgan fingerprint density at radius 3 is 1.76 bits per heavy atom. The van der Waals surface area contributed by atoms with Crippen LogP contribution in [0.5, 0.6) is 0 Å². The van der Waals surface area contributed by atoms with Gasteiger partial charge in [0.15, 0.2) is 6.20 Å². The highest BCUT2D eigenvalue weighted by Gasteiger charge is 2.41. The Labute approximate surface area is 223 Å². The van der Waals surface area contributed by atoms with Crippen LogP contribution in [0, 0.1) is 6.92 Å². The summed E-state index contributed by atoms with van der Waals surface area (Å²) < 4.78 is 2.23. The summed E-state index contributed by atoms with van der Waals surface area (Å²) in [5.41, 5.74) is 15.1. The van der Waals surface area contributed by atoms with E-state index < -0.39 is 0 Å². The van der Waals surface area contributed by atoms with Gasteiger partial charge in [-0.3, -0.25) is 0 Å². The van der Waals surface area contributed by atoms with Crippen molar-refractivity contribution in [3.8, 4) is 22.4 Å². The predicted octanol–water partition coefficient (Wildman–Crippen LogP) is 8.29. The highest BCUT2D eigenvalue weighted by molar-refractivity contribution is 5.87. The lowest BCUT2D eigenvalue weighted by Gasteiger charge is -2.42. The van der Waals surface area contributed by atoms with Crippen LogP contribution in [0.3, 0.4) is 0 Å².